The molecular formula is C26H48N2O7S. The predicted molar refractivity (Wildman–Crippen MR) is 136 cm³/mol. The summed E-state index contributed by atoms with van der Waals surface area (Å²) in [7, 11) is -4.35. The lowest BCUT2D eigenvalue weighted by atomic mass is 9.43. The van der Waals surface area contributed by atoms with Crippen LogP contribution in [0.2, 0.25) is 0 Å². The zero-order valence-corrected chi connectivity index (χ0v) is 23.2. The highest BCUT2D eigenvalue weighted by atomic mass is 32.2. The Morgan fingerprint density at radius 1 is 1.08 bits per heavy atom. The van der Waals surface area contributed by atoms with Crippen LogP contribution in [0.1, 0.15) is 78.6 Å². The van der Waals surface area contributed by atoms with E-state index in [4.69, 9.17) is 0 Å². The lowest BCUT2D eigenvalue weighted by Crippen LogP contribution is -2.62. The SMILES string of the molecule is CC(CCC(=O)NCCS(=O)(=O)[O-])[C@H]1CC[C@H]2C3[C@H](O)CC4C[C@H](O)CC[C@]4(C)[C@H]3C[C@H](O)[C@]12C.[NH4+]. The maximum absolute atomic E-state index is 12.2. The highest BCUT2D eigenvalue weighted by Crippen LogP contribution is 2.68. The molecule has 10 heteroatoms. The van der Waals surface area contributed by atoms with E-state index in [1.807, 2.05) is 0 Å². The fourth-order valence-corrected chi connectivity index (χ4v) is 9.45. The molecule has 0 bridgehead atoms. The standard InChI is InChI=1S/C26H45NO7S.H3N/c1-15(4-7-23(31)27-10-11-35(32,33)34)18-5-6-19-24-20(14-22(30)26(18,19)3)25(2)9-8-17(28)12-16(25)13-21(24)29;/h15-22,24,28-30H,4-14H2,1-3H3,(H,27,31)(H,32,33,34);1H3/t15?,16?,17-,18-,19+,20+,21-,22+,24?,25+,26-;/m1./s1. The Morgan fingerprint density at radius 2 is 1.78 bits per heavy atom. The third kappa shape index (κ3) is 5.36. The van der Waals surface area contributed by atoms with Crippen molar-refractivity contribution >= 4 is 16.0 Å². The Morgan fingerprint density at radius 3 is 2.44 bits per heavy atom. The fraction of sp³-hybridized carbons (Fsp3) is 0.962. The van der Waals surface area contributed by atoms with Gasteiger partial charge in [-0.25, -0.2) is 8.42 Å². The van der Waals surface area contributed by atoms with Crippen LogP contribution in [-0.2, 0) is 14.9 Å². The average molecular weight is 533 g/mol. The molecule has 4 rings (SSSR count). The highest BCUT2D eigenvalue weighted by molar-refractivity contribution is 7.85. The minimum absolute atomic E-state index is 0. The number of carbonyl (C=O) groups is 1. The Balaban J connectivity index is 0.00000361. The third-order valence-electron chi connectivity index (χ3n) is 11.0. The van der Waals surface area contributed by atoms with E-state index in [9.17, 15) is 33.1 Å². The van der Waals surface area contributed by atoms with Gasteiger partial charge in [0, 0.05) is 13.0 Å². The first-order valence-electron chi connectivity index (χ1n) is 13.5. The van der Waals surface area contributed by atoms with Crippen molar-refractivity contribution in [2.45, 2.75) is 96.9 Å². The van der Waals surface area contributed by atoms with Gasteiger partial charge in [0.1, 0.15) is 0 Å². The zero-order valence-electron chi connectivity index (χ0n) is 22.4. The number of amides is 1. The zero-order chi connectivity index (χ0) is 25.8. The van der Waals surface area contributed by atoms with Crippen molar-refractivity contribution in [2.75, 3.05) is 12.3 Å². The molecule has 36 heavy (non-hydrogen) atoms. The van der Waals surface area contributed by atoms with Gasteiger partial charge in [-0.1, -0.05) is 20.8 Å². The largest absolute Gasteiger partial charge is 0.748 e. The van der Waals surface area contributed by atoms with Crippen molar-refractivity contribution in [2.24, 2.45) is 46.3 Å². The molecule has 4 aliphatic carbocycles. The fourth-order valence-electron chi connectivity index (χ4n) is 9.10. The Kier molecular flexibility index (Phi) is 8.91. The average Bonchev–Trinajstić information content (AvgIpc) is 3.12. The van der Waals surface area contributed by atoms with Gasteiger partial charge in [0.15, 0.2) is 0 Å². The van der Waals surface area contributed by atoms with Gasteiger partial charge >= 0.3 is 0 Å². The second kappa shape index (κ2) is 10.8. The van der Waals surface area contributed by atoms with E-state index in [0.29, 0.717) is 18.8 Å². The van der Waals surface area contributed by atoms with Crippen LogP contribution >= 0.6 is 0 Å². The van der Waals surface area contributed by atoms with Crippen molar-refractivity contribution in [1.29, 1.82) is 0 Å². The van der Waals surface area contributed by atoms with Gasteiger partial charge in [-0.2, -0.15) is 0 Å². The van der Waals surface area contributed by atoms with E-state index in [0.717, 1.165) is 38.5 Å². The third-order valence-corrected chi connectivity index (χ3v) is 11.7. The van der Waals surface area contributed by atoms with Gasteiger partial charge in [0.25, 0.3) is 0 Å². The van der Waals surface area contributed by atoms with Crippen LogP contribution in [-0.4, -0.2) is 64.8 Å². The molecule has 0 spiro atoms. The Hall–Kier alpha value is -0.780. The van der Waals surface area contributed by atoms with Crippen molar-refractivity contribution in [3.8, 4) is 0 Å². The van der Waals surface area contributed by atoms with Gasteiger partial charge in [-0.05, 0) is 97.7 Å². The van der Waals surface area contributed by atoms with E-state index >= 15 is 0 Å². The first kappa shape index (κ1) is 29.8. The monoisotopic (exact) mass is 532 g/mol. The molecule has 11 atom stereocenters. The van der Waals surface area contributed by atoms with Crippen LogP contribution in [0.3, 0.4) is 0 Å². The molecule has 0 radical (unpaired) electrons. The molecule has 8 N–H and O–H groups in total. The summed E-state index contributed by atoms with van der Waals surface area (Å²) in [5.41, 5.74) is -0.267. The van der Waals surface area contributed by atoms with Crippen molar-refractivity contribution in [1.82, 2.24) is 11.5 Å². The summed E-state index contributed by atoms with van der Waals surface area (Å²) in [5.74, 6) is 0.522. The van der Waals surface area contributed by atoms with Gasteiger partial charge < -0.3 is 31.3 Å². The Bertz CT molecular complexity index is 901. The molecule has 0 aliphatic heterocycles. The number of hydrogen-bond acceptors (Lipinski definition) is 7. The first-order valence-corrected chi connectivity index (χ1v) is 15.1. The predicted octanol–water partition coefficient (Wildman–Crippen LogP) is 2.40. The maximum atomic E-state index is 12.2. The number of rotatable bonds is 7. The normalized spacial score (nSPS) is 45.0. The quantitative estimate of drug-likeness (QED) is 0.312. The second-order valence-electron chi connectivity index (χ2n) is 12.7. The number of aliphatic hydroxyl groups excluding tert-OH is 3. The Labute approximate surface area is 216 Å². The lowest BCUT2D eigenvalue weighted by Gasteiger charge is -2.63. The summed E-state index contributed by atoms with van der Waals surface area (Å²) >= 11 is 0. The summed E-state index contributed by atoms with van der Waals surface area (Å²) in [5, 5.41) is 35.7. The molecule has 0 aromatic heterocycles. The van der Waals surface area contributed by atoms with Crippen LogP contribution in [0.4, 0.5) is 0 Å². The molecule has 0 saturated heterocycles. The minimum Gasteiger partial charge on any atom is -0.748 e. The van der Waals surface area contributed by atoms with Crippen molar-refractivity contribution < 1.29 is 33.1 Å². The molecule has 210 valence electrons. The summed E-state index contributed by atoms with van der Waals surface area (Å²) in [6.07, 6.45) is 5.58. The minimum atomic E-state index is -4.35. The van der Waals surface area contributed by atoms with Gasteiger partial charge in [0.05, 0.1) is 34.2 Å². The van der Waals surface area contributed by atoms with Crippen LogP contribution in [0, 0.1) is 46.3 Å². The summed E-state index contributed by atoms with van der Waals surface area (Å²) in [6, 6.07) is 0. The van der Waals surface area contributed by atoms with Crippen LogP contribution in [0.25, 0.3) is 0 Å². The van der Waals surface area contributed by atoms with Crippen molar-refractivity contribution in [3.05, 3.63) is 0 Å². The van der Waals surface area contributed by atoms with Crippen LogP contribution in [0.15, 0.2) is 0 Å². The highest BCUT2D eigenvalue weighted by Gasteiger charge is 2.65. The topological polar surface area (TPSA) is 183 Å². The summed E-state index contributed by atoms with van der Waals surface area (Å²) in [4.78, 5) is 12.2. The van der Waals surface area contributed by atoms with Gasteiger partial charge in [-0.15, -0.1) is 0 Å². The first-order chi connectivity index (χ1) is 16.3. The van der Waals surface area contributed by atoms with E-state index in [1.165, 1.54) is 0 Å². The van der Waals surface area contributed by atoms with Gasteiger partial charge in [-0.3, -0.25) is 4.79 Å². The molecule has 4 saturated carbocycles. The molecule has 0 aromatic rings. The smallest absolute Gasteiger partial charge is 0.220 e. The molecule has 4 aliphatic rings. The second-order valence-corrected chi connectivity index (χ2v) is 14.2. The van der Waals surface area contributed by atoms with E-state index in [1.54, 1.807) is 0 Å². The molecular weight excluding hydrogens is 484 g/mol. The number of hydrogen-bond donors (Lipinski definition) is 5. The summed E-state index contributed by atoms with van der Waals surface area (Å²) in [6.45, 7) is 6.48. The van der Waals surface area contributed by atoms with Crippen LogP contribution < -0.4 is 11.5 Å². The van der Waals surface area contributed by atoms with E-state index < -0.39 is 28.1 Å². The number of fused-ring (bicyclic) bond motifs is 5. The van der Waals surface area contributed by atoms with E-state index in [2.05, 4.69) is 26.1 Å². The number of aliphatic hydroxyl groups is 3. The number of nitrogens with one attached hydrogen (secondary N) is 1. The van der Waals surface area contributed by atoms with Gasteiger partial charge in [0.2, 0.25) is 5.91 Å². The van der Waals surface area contributed by atoms with Crippen LogP contribution in [0.5, 0.6) is 0 Å². The summed E-state index contributed by atoms with van der Waals surface area (Å²) < 4.78 is 32.2. The molecule has 4 fully saturated rings. The van der Waals surface area contributed by atoms with E-state index in [-0.39, 0.29) is 71.5 Å². The van der Waals surface area contributed by atoms with Crippen molar-refractivity contribution in [3.63, 3.8) is 0 Å². The maximum Gasteiger partial charge on any atom is 0.220 e. The molecule has 1 amide bonds. The lowest BCUT2D eigenvalue weighted by molar-refractivity contribution is -0.207. The molecule has 9 nitrogen and oxygen atoms in total. The number of carbonyl (C=O) groups excluding carboxylic acids is 1. The number of quaternary nitrogens is 1. The molecule has 0 heterocycles. The molecule has 3 unspecified atom stereocenters. The molecule has 0 aromatic carbocycles.